The van der Waals surface area contributed by atoms with Gasteiger partial charge in [0.05, 0.1) is 36.1 Å². The molecule has 0 spiro atoms. The first-order chi connectivity index (χ1) is 22.7. The summed E-state index contributed by atoms with van der Waals surface area (Å²) in [5, 5.41) is 1.01. The van der Waals surface area contributed by atoms with Crippen LogP contribution < -0.4 is 29.1 Å². The van der Waals surface area contributed by atoms with E-state index in [1.807, 2.05) is 25.1 Å². The van der Waals surface area contributed by atoms with E-state index in [1.54, 1.807) is 49.4 Å². The van der Waals surface area contributed by atoms with Crippen LogP contribution in [-0.4, -0.2) is 44.6 Å². The van der Waals surface area contributed by atoms with E-state index < -0.39 is 12.0 Å². The third-order valence-electron chi connectivity index (χ3n) is 7.23. The Kier molecular flexibility index (Phi) is 11.5. The molecule has 0 fully saturated rings. The van der Waals surface area contributed by atoms with E-state index in [0.717, 1.165) is 10.0 Å². The van der Waals surface area contributed by atoms with Gasteiger partial charge in [-0.05, 0) is 56.3 Å². The van der Waals surface area contributed by atoms with Crippen LogP contribution in [0.1, 0.15) is 36.6 Å². The number of para-hydroxylation sites is 1. The minimum Gasteiger partial charge on any atom is -0.493 e. The fourth-order valence-electron chi connectivity index (χ4n) is 5.08. The van der Waals surface area contributed by atoms with Gasteiger partial charge >= 0.3 is 5.97 Å². The summed E-state index contributed by atoms with van der Waals surface area (Å²) in [5.74, 6) is 0.797. The number of hydrogen-bond acceptors (Lipinski definition) is 9. The Morgan fingerprint density at radius 2 is 1.87 bits per heavy atom. The fourth-order valence-corrected chi connectivity index (χ4v) is 6.96. The molecule has 246 valence electrons. The Labute approximate surface area is 293 Å². The predicted molar refractivity (Wildman–Crippen MR) is 186 cm³/mol. The number of fused-ring (bicyclic) bond motifs is 1. The fraction of sp³-hybridized carbons (Fsp3) is 0.265. The number of ether oxygens (including phenoxy) is 5. The lowest BCUT2D eigenvalue weighted by atomic mass is 9.94. The number of aromatic nitrogens is 1. The van der Waals surface area contributed by atoms with Crippen molar-refractivity contribution in [1.82, 2.24) is 4.57 Å². The molecule has 9 nitrogen and oxygen atoms in total. The van der Waals surface area contributed by atoms with E-state index in [2.05, 4.69) is 15.9 Å². The molecule has 2 heterocycles. The molecule has 1 atom stereocenters. The van der Waals surface area contributed by atoms with Gasteiger partial charge in [0.2, 0.25) is 0 Å². The molecule has 4 aromatic rings. The molecule has 47 heavy (non-hydrogen) atoms. The molecule has 0 N–H and O–H groups in total. The lowest BCUT2D eigenvalue weighted by molar-refractivity contribution is -0.140. The van der Waals surface area contributed by atoms with Crippen molar-refractivity contribution in [1.29, 1.82) is 0 Å². The normalized spacial score (nSPS) is 14.4. The van der Waals surface area contributed by atoms with E-state index in [4.69, 9.17) is 51.9 Å². The van der Waals surface area contributed by atoms with Crippen LogP contribution in [0.4, 0.5) is 0 Å². The van der Waals surface area contributed by atoms with Crippen LogP contribution in [0.15, 0.2) is 80.1 Å². The maximum absolute atomic E-state index is 14.3. The summed E-state index contributed by atoms with van der Waals surface area (Å²) in [6.07, 6.45) is 1.75. The summed E-state index contributed by atoms with van der Waals surface area (Å²) in [4.78, 5) is 33.1. The number of hydrogen-bond donors (Lipinski definition) is 0. The second-order valence-corrected chi connectivity index (χ2v) is 13.0. The first-order valence-electron chi connectivity index (χ1n) is 14.5. The molecule has 1 aromatic heterocycles. The summed E-state index contributed by atoms with van der Waals surface area (Å²) in [6.45, 7) is 4.34. The second-order valence-electron chi connectivity index (χ2n) is 10.2. The zero-order chi connectivity index (χ0) is 33.7. The summed E-state index contributed by atoms with van der Waals surface area (Å²) < 4.78 is 31.1. The van der Waals surface area contributed by atoms with Crippen molar-refractivity contribution < 1.29 is 28.5 Å². The summed E-state index contributed by atoms with van der Waals surface area (Å²) in [6, 6.07) is 15.2. The Bertz CT molecular complexity index is 2030. The lowest BCUT2D eigenvalue weighted by Gasteiger charge is -2.27. The number of halogens is 3. The highest BCUT2D eigenvalue weighted by atomic mass is 79.9. The standard InChI is InChI=1S/C34H31BrCl2N2O7S/c1-5-44-31-24(7-6-8-27(31)43-4)30-29(33(41)45-14-13-42-3)19(2)38-34-39(30)32(40)28(47-34)16-21-15-22(35)10-12-26(21)46-18-20-9-11-23(36)17-25(20)37/h6-12,15-17,30H,5,13-14,18H2,1-4H3/b28-16+/t30-/m0/s1. The molecule has 0 radical (unpaired) electrons. The highest BCUT2D eigenvalue weighted by Crippen LogP contribution is 2.41. The van der Waals surface area contributed by atoms with Gasteiger partial charge in [-0.2, -0.15) is 0 Å². The highest BCUT2D eigenvalue weighted by Gasteiger charge is 2.36. The third-order valence-corrected chi connectivity index (χ3v) is 9.29. The molecule has 0 amide bonds. The number of allylic oxidation sites excluding steroid dienone is 1. The Balaban J connectivity index is 1.65. The van der Waals surface area contributed by atoms with Crippen LogP contribution in [-0.2, 0) is 20.9 Å². The van der Waals surface area contributed by atoms with Crippen molar-refractivity contribution >= 4 is 62.5 Å². The zero-order valence-corrected chi connectivity index (χ0v) is 29.9. The Morgan fingerprint density at radius 3 is 2.60 bits per heavy atom. The number of benzene rings is 3. The largest absolute Gasteiger partial charge is 0.493 e. The Morgan fingerprint density at radius 1 is 1.06 bits per heavy atom. The second kappa shape index (κ2) is 15.5. The van der Waals surface area contributed by atoms with Gasteiger partial charge in [0.25, 0.3) is 5.56 Å². The van der Waals surface area contributed by atoms with Gasteiger partial charge < -0.3 is 23.7 Å². The van der Waals surface area contributed by atoms with Gasteiger partial charge in [-0.25, -0.2) is 9.79 Å². The van der Waals surface area contributed by atoms with Crippen LogP contribution in [0.2, 0.25) is 10.0 Å². The number of esters is 1. The molecule has 1 aliphatic rings. The molecule has 0 aliphatic carbocycles. The van der Waals surface area contributed by atoms with E-state index in [9.17, 15) is 9.59 Å². The van der Waals surface area contributed by atoms with Gasteiger partial charge in [0.1, 0.15) is 25.0 Å². The molecule has 0 saturated heterocycles. The monoisotopic (exact) mass is 760 g/mol. The summed E-state index contributed by atoms with van der Waals surface area (Å²) >= 11 is 17.2. The molecule has 3 aromatic carbocycles. The van der Waals surface area contributed by atoms with Crippen LogP contribution in [0.25, 0.3) is 6.08 Å². The van der Waals surface area contributed by atoms with E-state index >= 15 is 0 Å². The zero-order valence-electron chi connectivity index (χ0n) is 26.0. The summed E-state index contributed by atoms with van der Waals surface area (Å²) in [5.41, 5.74) is 2.23. The molecule has 0 saturated carbocycles. The van der Waals surface area contributed by atoms with Gasteiger partial charge in [0.15, 0.2) is 16.3 Å². The molecule has 5 rings (SSSR count). The lowest BCUT2D eigenvalue weighted by Crippen LogP contribution is -2.40. The van der Waals surface area contributed by atoms with Gasteiger partial charge in [0, 0.05) is 38.3 Å². The maximum atomic E-state index is 14.3. The predicted octanol–water partition coefficient (Wildman–Crippen LogP) is 6.48. The molecule has 13 heteroatoms. The van der Waals surface area contributed by atoms with Crippen molar-refractivity contribution in [3.63, 3.8) is 0 Å². The first kappa shape index (κ1) is 34.7. The smallest absolute Gasteiger partial charge is 0.338 e. The van der Waals surface area contributed by atoms with Crippen LogP contribution in [0, 0.1) is 0 Å². The van der Waals surface area contributed by atoms with Crippen LogP contribution >= 0.6 is 50.5 Å². The van der Waals surface area contributed by atoms with Crippen molar-refractivity contribution in [2.24, 2.45) is 4.99 Å². The van der Waals surface area contributed by atoms with E-state index in [0.29, 0.717) is 60.1 Å². The SMILES string of the molecule is CCOc1c(OC)cccc1[C@H]1C(C(=O)OCCOC)=C(C)N=c2s/c(=C/c3cc(Br)ccc3OCc3ccc(Cl)cc3Cl)c(=O)n21. The summed E-state index contributed by atoms with van der Waals surface area (Å²) in [7, 11) is 3.05. The molecule has 0 bridgehead atoms. The van der Waals surface area contributed by atoms with Crippen molar-refractivity contribution in [3.8, 4) is 17.2 Å². The number of carbonyl (C=O) groups excluding carboxylic acids is 1. The minimum absolute atomic E-state index is 0.0343. The number of methoxy groups -OCH3 is 2. The highest BCUT2D eigenvalue weighted by molar-refractivity contribution is 9.10. The Hall–Kier alpha value is -3.61. The topological polar surface area (TPSA) is 97.6 Å². The van der Waals surface area contributed by atoms with Crippen molar-refractivity contribution in [2.75, 3.05) is 34.0 Å². The average Bonchev–Trinajstić information content (AvgIpc) is 3.34. The molecule has 0 unspecified atom stereocenters. The van der Waals surface area contributed by atoms with Crippen LogP contribution in [0.5, 0.6) is 17.2 Å². The number of thiazole rings is 1. The van der Waals surface area contributed by atoms with E-state index in [-0.39, 0.29) is 31.0 Å². The maximum Gasteiger partial charge on any atom is 0.338 e. The quantitative estimate of drug-likeness (QED) is 0.121. The third kappa shape index (κ3) is 7.60. The number of carbonyl (C=O) groups is 1. The molecule has 1 aliphatic heterocycles. The van der Waals surface area contributed by atoms with Crippen molar-refractivity contribution in [3.05, 3.63) is 117 Å². The molecular weight excluding hydrogens is 731 g/mol. The first-order valence-corrected chi connectivity index (χ1v) is 16.9. The molecular formula is C34H31BrCl2N2O7S. The van der Waals surface area contributed by atoms with Gasteiger partial charge in [-0.3, -0.25) is 9.36 Å². The minimum atomic E-state index is -0.912. The number of rotatable bonds is 12. The van der Waals surface area contributed by atoms with Gasteiger partial charge in [-0.15, -0.1) is 0 Å². The number of nitrogens with zero attached hydrogens (tertiary/aromatic N) is 2. The van der Waals surface area contributed by atoms with E-state index in [1.165, 1.54) is 30.1 Å². The average molecular weight is 763 g/mol. The van der Waals surface area contributed by atoms with Crippen molar-refractivity contribution in [2.45, 2.75) is 26.5 Å². The van der Waals surface area contributed by atoms with Crippen LogP contribution in [0.3, 0.4) is 0 Å². The van der Waals surface area contributed by atoms with Gasteiger partial charge in [-0.1, -0.05) is 68.7 Å².